The number of aromatic nitrogens is 3. The van der Waals surface area contributed by atoms with Crippen molar-refractivity contribution >= 4 is 27.8 Å². The number of anilines is 1. The van der Waals surface area contributed by atoms with E-state index in [1.807, 2.05) is 0 Å². The standard InChI is InChI=1S/C14H19BrN6O/c15-9-3-12(18-6-9)13(22)21-14-19-10-1-7(4-16)8(5-17)2-11(10)20-14/h3,6-8,18H,1-2,4-5,16-17H2,(H2,19,20,21,22)/t7-,8-/m1/s1. The van der Waals surface area contributed by atoms with Crippen molar-refractivity contribution in [2.24, 2.45) is 23.3 Å². The predicted molar refractivity (Wildman–Crippen MR) is 87.5 cm³/mol. The van der Waals surface area contributed by atoms with Gasteiger partial charge in [0, 0.05) is 16.4 Å². The lowest BCUT2D eigenvalue weighted by Crippen LogP contribution is -2.35. The number of H-pyrrole nitrogens is 2. The van der Waals surface area contributed by atoms with Crippen LogP contribution < -0.4 is 16.8 Å². The minimum absolute atomic E-state index is 0.234. The molecule has 0 radical (unpaired) electrons. The second kappa shape index (κ2) is 6.23. The second-order valence-corrected chi connectivity index (χ2v) is 6.51. The Morgan fingerprint density at radius 3 is 2.73 bits per heavy atom. The zero-order valence-electron chi connectivity index (χ0n) is 12.0. The minimum atomic E-state index is -0.234. The number of hydrogen-bond donors (Lipinski definition) is 5. The molecular formula is C14H19BrN6O. The fraction of sp³-hybridized carbons (Fsp3) is 0.429. The van der Waals surface area contributed by atoms with Crippen molar-refractivity contribution in [1.29, 1.82) is 0 Å². The summed E-state index contributed by atoms with van der Waals surface area (Å²) in [4.78, 5) is 22.7. The van der Waals surface area contributed by atoms with Crippen molar-refractivity contribution in [2.75, 3.05) is 18.4 Å². The number of fused-ring (bicyclic) bond motifs is 1. The fourth-order valence-corrected chi connectivity index (χ4v) is 3.26. The molecule has 8 heteroatoms. The lowest BCUT2D eigenvalue weighted by Gasteiger charge is -2.28. The van der Waals surface area contributed by atoms with Crippen LogP contribution in [-0.4, -0.2) is 33.9 Å². The van der Waals surface area contributed by atoms with Crippen LogP contribution in [0, 0.1) is 11.8 Å². The highest BCUT2D eigenvalue weighted by molar-refractivity contribution is 9.10. The molecule has 7 N–H and O–H groups in total. The van der Waals surface area contributed by atoms with Crippen LogP contribution in [0.15, 0.2) is 16.7 Å². The van der Waals surface area contributed by atoms with Crippen molar-refractivity contribution in [3.05, 3.63) is 33.8 Å². The first-order valence-corrected chi connectivity index (χ1v) is 8.03. The van der Waals surface area contributed by atoms with Gasteiger partial charge >= 0.3 is 0 Å². The third-order valence-electron chi connectivity index (χ3n) is 4.18. The van der Waals surface area contributed by atoms with E-state index in [0.717, 1.165) is 28.7 Å². The molecule has 3 rings (SSSR count). The van der Waals surface area contributed by atoms with Crippen molar-refractivity contribution in [3.63, 3.8) is 0 Å². The molecular weight excluding hydrogens is 348 g/mol. The van der Waals surface area contributed by atoms with E-state index < -0.39 is 0 Å². The van der Waals surface area contributed by atoms with Gasteiger partial charge in [-0.25, -0.2) is 4.98 Å². The van der Waals surface area contributed by atoms with Gasteiger partial charge in [-0.1, -0.05) is 0 Å². The Balaban J connectivity index is 1.75. The van der Waals surface area contributed by atoms with Crippen molar-refractivity contribution in [2.45, 2.75) is 12.8 Å². The Morgan fingerprint density at radius 1 is 1.36 bits per heavy atom. The average molecular weight is 367 g/mol. The first-order valence-electron chi connectivity index (χ1n) is 7.23. The molecule has 0 spiro atoms. The maximum absolute atomic E-state index is 12.1. The Morgan fingerprint density at radius 2 is 2.09 bits per heavy atom. The number of imidazole rings is 1. The molecule has 2 atom stereocenters. The summed E-state index contributed by atoms with van der Waals surface area (Å²) >= 11 is 3.30. The second-order valence-electron chi connectivity index (χ2n) is 5.60. The van der Waals surface area contributed by atoms with Crippen LogP contribution in [0.25, 0.3) is 0 Å². The molecule has 118 valence electrons. The van der Waals surface area contributed by atoms with Crippen molar-refractivity contribution in [1.82, 2.24) is 15.0 Å². The van der Waals surface area contributed by atoms with Gasteiger partial charge in [0.15, 0.2) is 0 Å². The number of carbonyl (C=O) groups is 1. The van der Waals surface area contributed by atoms with Crippen LogP contribution in [0.4, 0.5) is 5.95 Å². The first kappa shape index (κ1) is 15.3. The van der Waals surface area contributed by atoms with Gasteiger partial charge in [-0.15, -0.1) is 0 Å². The lowest BCUT2D eigenvalue weighted by atomic mass is 9.80. The molecule has 7 nitrogen and oxygen atoms in total. The van der Waals surface area contributed by atoms with Crippen LogP contribution in [0.3, 0.4) is 0 Å². The van der Waals surface area contributed by atoms with Gasteiger partial charge in [0.1, 0.15) is 5.69 Å². The normalized spacial score (nSPS) is 20.7. The van der Waals surface area contributed by atoms with Crippen LogP contribution in [0.1, 0.15) is 21.9 Å². The van der Waals surface area contributed by atoms with E-state index in [-0.39, 0.29) is 5.91 Å². The molecule has 2 aromatic heterocycles. The Kier molecular flexibility index (Phi) is 4.32. The molecule has 0 saturated carbocycles. The Hall–Kier alpha value is -1.64. The van der Waals surface area contributed by atoms with Gasteiger partial charge in [-0.3, -0.25) is 10.1 Å². The van der Waals surface area contributed by atoms with Gasteiger partial charge in [-0.2, -0.15) is 0 Å². The summed E-state index contributed by atoms with van der Waals surface area (Å²) in [5.74, 6) is 0.946. The largest absolute Gasteiger partial charge is 0.356 e. The van der Waals surface area contributed by atoms with Gasteiger partial charge in [0.25, 0.3) is 5.91 Å². The summed E-state index contributed by atoms with van der Waals surface area (Å²) in [6, 6.07) is 1.72. The number of carbonyl (C=O) groups excluding carboxylic acids is 1. The maximum Gasteiger partial charge on any atom is 0.274 e. The topological polar surface area (TPSA) is 126 Å². The van der Waals surface area contributed by atoms with E-state index >= 15 is 0 Å². The number of nitrogens with one attached hydrogen (secondary N) is 3. The third-order valence-corrected chi connectivity index (χ3v) is 4.64. The molecule has 1 amide bonds. The average Bonchev–Trinajstić information content (AvgIpc) is 3.10. The van der Waals surface area contributed by atoms with Gasteiger partial charge < -0.3 is 21.4 Å². The number of nitrogens with zero attached hydrogens (tertiary/aromatic N) is 1. The van der Waals surface area contributed by atoms with Crippen molar-refractivity contribution in [3.8, 4) is 0 Å². The quantitative estimate of drug-likeness (QED) is 0.553. The summed E-state index contributed by atoms with van der Waals surface area (Å²) in [5, 5.41) is 2.77. The monoisotopic (exact) mass is 366 g/mol. The van der Waals surface area contributed by atoms with E-state index in [2.05, 4.69) is 36.2 Å². The van der Waals surface area contributed by atoms with E-state index in [9.17, 15) is 4.79 Å². The molecule has 0 fully saturated rings. The summed E-state index contributed by atoms with van der Waals surface area (Å²) in [7, 11) is 0. The SMILES string of the molecule is NC[C@H]1Cc2nc(NC(=O)c3cc(Br)c[nH]3)[nH]c2C[C@@H]1CN. The molecule has 0 unspecified atom stereocenters. The number of rotatable bonds is 4. The number of hydrogen-bond acceptors (Lipinski definition) is 4. The number of aromatic amines is 2. The van der Waals surface area contributed by atoms with E-state index in [0.29, 0.717) is 36.6 Å². The molecule has 2 aromatic rings. The number of amides is 1. The zero-order chi connectivity index (χ0) is 15.7. The third kappa shape index (κ3) is 2.94. The fourth-order valence-electron chi connectivity index (χ4n) is 2.91. The molecule has 1 aliphatic carbocycles. The van der Waals surface area contributed by atoms with Crippen LogP contribution in [0.2, 0.25) is 0 Å². The number of nitrogens with two attached hydrogens (primary N) is 2. The van der Waals surface area contributed by atoms with E-state index in [4.69, 9.17) is 11.5 Å². The molecule has 0 aromatic carbocycles. The molecule has 22 heavy (non-hydrogen) atoms. The molecule has 0 aliphatic heterocycles. The minimum Gasteiger partial charge on any atom is -0.356 e. The number of halogens is 1. The maximum atomic E-state index is 12.1. The highest BCUT2D eigenvalue weighted by atomic mass is 79.9. The summed E-state index contributed by atoms with van der Waals surface area (Å²) < 4.78 is 0.827. The molecule has 1 aliphatic rings. The summed E-state index contributed by atoms with van der Waals surface area (Å²) in [6.45, 7) is 1.21. The molecule has 0 bridgehead atoms. The summed E-state index contributed by atoms with van der Waals surface area (Å²) in [5.41, 5.74) is 14.1. The highest BCUT2D eigenvalue weighted by Crippen LogP contribution is 2.29. The Labute approximate surface area is 136 Å². The molecule has 0 saturated heterocycles. The summed E-state index contributed by atoms with van der Waals surface area (Å²) in [6.07, 6.45) is 3.33. The van der Waals surface area contributed by atoms with Crippen LogP contribution in [-0.2, 0) is 12.8 Å². The van der Waals surface area contributed by atoms with Gasteiger partial charge in [-0.05, 0) is 59.8 Å². The van der Waals surface area contributed by atoms with Crippen molar-refractivity contribution < 1.29 is 4.79 Å². The lowest BCUT2D eigenvalue weighted by molar-refractivity contribution is 0.102. The van der Waals surface area contributed by atoms with Crippen LogP contribution in [0.5, 0.6) is 0 Å². The highest BCUT2D eigenvalue weighted by Gasteiger charge is 2.29. The van der Waals surface area contributed by atoms with E-state index in [1.165, 1.54) is 0 Å². The molecule has 2 heterocycles. The van der Waals surface area contributed by atoms with Gasteiger partial charge in [0.2, 0.25) is 5.95 Å². The van der Waals surface area contributed by atoms with Crippen LogP contribution >= 0.6 is 15.9 Å². The van der Waals surface area contributed by atoms with Gasteiger partial charge in [0.05, 0.1) is 5.69 Å². The Bertz CT molecular complexity index is 649. The van der Waals surface area contributed by atoms with E-state index in [1.54, 1.807) is 12.3 Å². The zero-order valence-corrected chi connectivity index (χ0v) is 13.6. The predicted octanol–water partition coefficient (Wildman–Crippen LogP) is 1.00. The first-order chi connectivity index (χ1) is 10.6. The smallest absolute Gasteiger partial charge is 0.274 e.